The number of methoxy groups -OCH3 is 2. The molecule has 0 saturated carbocycles. The van der Waals surface area contributed by atoms with Gasteiger partial charge in [-0.1, -0.05) is 13.3 Å². The lowest BCUT2D eigenvalue weighted by atomic mass is 9.73. The van der Waals surface area contributed by atoms with Gasteiger partial charge >= 0.3 is 11.8 Å². The van der Waals surface area contributed by atoms with Gasteiger partial charge in [0.05, 0.1) is 37.5 Å². The molecule has 1 aromatic rings. The fraction of sp³-hybridized carbons (Fsp3) is 0.611. The molecule has 27 heavy (non-hydrogen) atoms. The Morgan fingerprint density at radius 2 is 1.85 bits per heavy atom. The van der Waals surface area contributed by atoms with Crippen molar-refractivity contribution in [2.45, 2.75) is 19.8 Å². The molecule has 2 saturated heterocycles. The SMILES string of the molecule is CCCCOC(=O)N1CC2(C1)CN(c1cc(OC)c([N+](=O)[O-])cc1OC)C2. The number of rotatable bonds is 7. The van der Waals surface area contributed by atoms with Crippen molar-refractivity contribution in [1.29, 1.82) is 0 Å². The van der Waals surface area contributed by atoms with E-state index in [2.05, 4.69) is 11.8 Å². The van der Waals surface area contributed by atoms with E-state index in [-0.39, 0.29) is 22.9 Å². The minimum absolute atomic E-state index is 0.0593. The number of hydrogen-bond acceptors (Lipinski definition) is 7. The van der Waals surface area contributed by atoms with Crippen molar-refractivity contribution in [2.75, 3.05) is 51.9 Å². The maximum atomic E-state index is 12.0. The monoisotopic (exact) mass is 379 g/mol. The first-order valence-electron chi connectivity index (χ1n) is 9.00. The molecule has 3 rings (SSSR count). The summed E-state index contributed by atoms with van der Waals surface area (Å²) in [5, 5.41) is 11.2. The van der Waals surface area contributed by atoms with E-state index in [0.29, 0.717) is 25.4 Å². The van der Waals surface area contributed by atoms with Crippen LogP contribution in [0.5, 0.6) is 11.5 Å². The standard InChI is InChI=1S/C18H25N3O6/c1-4-5-6-27-17(22)20-11-18(12-20)9-19(10-18)13-7-16(26-3)14(21(23)24)8-15(13)25-2/h7-8H,4-6,9-12H2,1-3H3. The highest BCUT2D eigenvalue weighted by Gasteiger charge is 2.54. The highest BCUT2D eigenvalue weighted by Crippen LogP contribution is 2.47. The molecule has 1 spiro atoms. The van der Waals surface area contributed by atoms with Crippen LogP contribution in [0.25, 0.3) is 0 Å². The van der Waals surface area contributed by atoms with Crippen LogP contribution in [0.2, 0.25) is 0 Å². The van der Waals surface area contributed by atoms with Crippen molar-refractivity contribution >= 4 is 17.5 Å². The summed E-state index contributed by atoms with van der Waals surface area (Å²) in [6.07, 6.45) is 1.62. The van der Waals surface area contributed by atoms with E-state index in [1.165, 1.54) is 20.3 Å². The second-order valence-electron chi connectivity index (χ2n) is 7.13. The second-order valence-corrected chi connectivity index (χ2v) is 7.13. The molecule has 0 aliphatic carbocycles. The first-order valence-corrected chi connectivity index (χ1v) is 9.00. The Bertz CT molecular complexity index is 724. The van der Waals surface area contributed by atoms with Crippen molar-refractivity contribution < 1.29 is 23.9 Å². The largest absolute Gasteiger partial charge is 0.494 e. The minimum atomic E-state index is -0.489. The molecule has 0 atom stereocenters. The molecule has 0 bridgehead atoms. The molecule has 0 radical (unpaired) electrons. The number of hydrogen-bond donors (Lipinski definition) is 0. The quantitative estimate of drug-likeness (QED) is 0.408. The minimum Gasteiger partial charge on any atom is -0.494 e. The normalized spacial score (nSPS) is 17.1. The Morgan fingerprint density at radius 3 is 2.41 bits per heavy atom. The van der Waals surface area contributed by atoms with Crippen LogP contribution in [-0.4, -0.2) is 62.9 Å². The Labute approximate surface area is 157 Å². The van der Waals surface area contributed by atoms with Crippen molar-refractivity contribution in [1.82, 2.24) is 4.90 Å². The molecule has 9 nitrogen and oxygen atoms in total. The van der Waals surface area contributed by atoms with Crippen LogP contribution in [0.4, 0.5) is 16.2 Å². The molecule has 2 fully saturated rings. The number of benzene rings is 1. The molecule has 9 heteroatoms. The molecule has 0 aromatic heterocycles. The van der Waals surface area contributed by atoms with E-state index in [1.807, 2.05) is 0 Å². The average molecular weight is 379 g/mol. The van der Waals surface area contributed by atoms with Crippen LogP contribution >= 0.6 is 0 Å². The lowest BCUT2D eigenvalue weighted by Crippen LogP contribution is -2.73. The predicted octanol–water partition coefficient (Wildman–Crippen LogP) is 2.67. The van der Waals surface area contributed by atoms with Gasteiger partial charge in [0, 0.05) is 37.7 Å². The van der Waals surface area contributed by atoms with Gasteiger partial charge in [0.25, 0.3) is 0 Å². The summed E-state index contributed by atoms with van der Waals surface area (Å²) in [6, 6.07) is 3.02. The lowest BCUT2D eigenvalue weighted by Gasteiger charge is -2.60. The van der Waals surface area contributed by atoms with Gasteiger partial charge in [0.15, 0.2) is 5.75 Å². The summed E-state index contributed by atoms with van der Waals surface area (Å²) in [6.45, 7) is 5.36. The molecule has 2 aliphatic heterocycles. The molecule has 1 aromatic carbocycles. The summed E-state index contributed by atoms with van der Waals surface area (Å²) < 4.78 is 15.7. The molecule has 1 amide bonds. The number of carbonyl (C=O) groups is 1. The Morgan fingerprint density at radius 1 is 1.19 bits per heavy atom. The first-order chi connectivity index (χ1) is 12.9. The van der Waals surface area contributed by atoms with Gasteiger partial charge < -0.3 is 24.0 Å². The number of nitro groups is 1. The number of nitro benzene ring substituents is 1. The van der Waals surface area contributed by atoms with Crippen LogP contribution in [0, 0.1) is 15.5 Å². The third-order valence-electron chi connectivity index (χ3n) is 5.10. The van der Waals surface area contributed by atoms with Gasteiger partial charge in [0.2, 0.25) is 0 Å². The molecule has 0 N–H and O–H groups in total. The van der Waals surface area contributed by atoms with Gasteiger partial charge in [-0.3, -0.25) is 10.1 Å². The summed E-state index contributed by atoms with van der Waals surface area (Å²) in [4.78, 5) is 26.4. The summed E-state index contributed by atoms with van der Waals surface area (Å²) >= 11 is 0. The fourth-order valence-electron chi connectivity index (χ4n) is 3.68. The summed E-state index contributed by atoms with van der Waals surface area (Å²) in [7, 11) is 2.89. The van der Waals surface area contributed by atoms with Crippen molar-refractivity contribution in [3.05, 3.63) is 22.2 Å². The molecule has 148 valence electrons. The number of carbonyl (C=O) groups excluding carboxylic acids is 1. The molecule has 2 aliphatic rings. The van der Waals surface area contributed by atoms with Gasteiger partial charge in [0.1, 0.15) is 5.75 Å². The maximum absolute atomic E-state index is 12.0. The zero-order chi connectivity index (χ0) is 19.6. The highest BCUT2D eigenvalue weighted by atomic mass is 16.6. The number of nitrogens with zero attached hydrogens (tertiary/aromatic N) is 3. The van der Waals surface area contributed by atoms with Crippen LogP contribution in [-0.2, 0) is 4.74 Å². The number of unbranched alkanes of at least 4 members (excludes halogenated alkanes) is 1. The average Bonchev–Trinajstić information content (AvgIpc) is 2.58. The van der Waals surface area contributed by atoms with E-state index in [4.69, 9.17) is 14.2 Å². The number of amides is 1. The molecular weight excluding hydrogens is 354 g/mol. The van der Waals surface area contributed by atoms with Crippen LogP contribution in [0.15, 0.2) is 12.1 Å². The Balaban J connectivity index is 1.62. The summed E-state index contributed by atoms with van der Waals surface area (Å²) in [5.41, 5.74) is 0.691. The van der Waals surface area contributed by atoms with Crippen LogP contribution in [0.1, 0.15) is 19.8 Å². The third-order valence-corrected chi connectivity index (χ3v) is 5.10. The number of anilines is 1. The van der Waals surface area contributed by atoms with Gasteiger partial charge in [-0.2, -0.15) is 0 Å². The smallest absolute Gasteiger partial charge is 0.409 e. The van der Waals surface area contributed by atoms with Crippen molar-refractivity contribution in [3.8, 4) is 11.5 Å². The van der Waals surface area contributed by atoms with E-state index in [9.17, 15) is 14.9 Å². The predicted molar refractivity (Wildman–Crippen MR) is 98.7 cm³/mol. The zero-order valence-corrected chi connectivity index (χ0v) is 15.9. The maximum Gasteiger partial charge on any atom is 0.409 e. The van der Waals surface area contributed by atoms with E-state index < -0.39 is 4.92 Å². The van der Waals surface area contributed by atoms with E-state index in [1.54, 1.807) is 11.0 Å². The second kappa shape index (κ2) is 7.50. The fourth-order valence-corrected chi connectivity index (χ4v) is 3.68. The van der Waals surface area contributed by atoms with Gasteiger partial charge in [-0.15, -0.1) is 0 Å². The van der Waals surface area contributed by atoms with Gasteiger partial charge in [-0.25, -0.2) is 4.79 Å². The van der Waals surface area contributed by atoms with E-state index >= 15 is 0 Å². The first kappa shape index (κ1) is 19.1. The van der Waals surface area contributed by atoms with E-state index in [0.717, 1.165) is 31.6 Å². The Hall–Kier alpha value is -2.71. The molecular formula is C18H25N3O6. The molecule has 2 heterocycles. The number of likely N-dealkylation sites (tertiary alicyclic amines) is 1. The van der Waals surface area contributed by atoms with Crippen LogP contribution < -0.4 is 14.4 Å². The number of ether oxygens (including phenoxy) is 3. The third kappa shape index (κ3) is 3.58. The lowest BCUT2D eigenvalue weighted by molar-refractivity contribution is -0.385. The van der Waals surface area contributed by atoms with Crippen molar-refractivity contribution in [3.63, 3.8) is 0 Å². The highest BCUT2D eigenvalue weighted by molar-refractivity contribution is 5.72. The topological polar surface area (TPSA) is 94.4 Å². The van der Waals surface area contributed by atoms with Crippen LogP contribution in [0.3, 0.4) is 0 Å². The van der Waals surface area contributed by atoms with Gasteiger partial charge in [-0.05, 0) is 6.42 Å². The zero-order valence-electron chi connectivity index (χ0n) is 15.9. The summed E-state index contributed by atoms with van der Waals surface area (Å²) in [5.74, 6) is 0.638. The molecule has 0 unspecified atom stereocenters. The Kier molecular flexibility index (Phi) is 5.29. The van der Waals surface area contributed by atoms with Crippen molar-refractivity contribution in [2.24, 2.45) is 5.41 Å².